The van der Waals surface area contributed by atoms with Crippen LogP contribution in [0.3, 0.4) is 0 Å². The molecule has 8 nitrogen and oxygen atoms in total. The van der Waals surface area contributed by atoms with Gasteiger partial charge in [0.2, 0.25) is 0 Å². The molecule has 0 aliphatic rings. The average molecular weight is 386 g/mol. The van der Waals surface area contributed by atoms with Gasteiger partial charge in [0.15, 0.2) is 10.6 Å². The van der Waals surface area contributed by atoms with E-state index in [9.17, 15) is 4.79 Å². The molecule has 2 aromatic carbocycles. The number of aromatic amines is 1. The third-order valence-electron chi connectivity index (χ3n) is 3.76. The second kappa shape index (κ2) is 6.70. The number of benzene rings is 2. The van der Waals surface area contributed by atoms with Gasteiger partial charge in [0.05, 0.1) is 5.69 Å². The molecule has 26 heavy (non-hydrogen) atoms. The number of rotatable bonds is 4. The molecule has 0 atom stereocenters. The summed E-state index contributed by atoms with van der Waals surface area (Å²) in [5, 5.41) is 15.4. The molecule has 0 saturated carbocycles. The highest BCUT2D eigenvalue weighted by atomic mass is 35.5. The number of aromatic nitrogens is 7. The molecule has 10 heteroatoms. The summed E-state index contributed by atoms with van der Waals surface area (Å²) < 4.78 is 4.61. The molecule has 0 amide bonds. The maximum atomic E-state index is 12.6. The van der Waals surface area contributed by atoms with Gasteiger partial charge < -0.3 is 0 Å². The van der Waals surface area contributed by atoms with Crippen molar-refractivity contribution in [1.82, 2.24) is 34.6 Å². The SMILES string of the molecule is O=c1n(Cc2n[nH]c(=S)n2-c2ccccc2)nnn1-c1ccc(Cl)cc1. The molecule has 0 fully saturated rings. The summed E-state index contributed by atoms with van der Waals surface area (Å²) in [6.07, 6.45) is 0. The first-order valence-electron chi connectivity index (χ1n) is 7.64. The maximum Gasteiger partial charge on any atom is 0.368 e. The number of H-pyrrole nitrogens is 1. The van der Waals surface area contributed by atoms with Crippen molar-refractivity contribution in [1.29, 1.82) is 0 Å². The van der Waals surface area contributed by atoms with Crippen molar-refractivity contribution in [2.75, 3.05) is 0 Å². The zero-order chi connectivity index (χ0) is 18.1. The summed E-state index contributed by atoms with van der Waals surface area (Å²) in [6, 6.07) is 16.3. The van der Waals surface area contributed by atoms with E-state index in [2.05, 4.69) is 20.6 Å². The van der Waals surface area contributed by atoms with Gasteiger partial charge >= 0.3 is 5.69 Å². The van der Waals surface area contributed by atoms with E-state index in [1.807, 2.05) is 30.3 Å². The molecule has 2 aromatic heterocycles. The lowest BCUT2D eigenvalue weighted by Gasteiger charge is -2.05. The number of para-hydroxylation sites is 1. The minimum absolute atomic E-state index is 0.120. The van der Waals surface area contributed by atoms with E-state index in [4.69, 9.17) is 23.8 Å². The molecule has 0 spiro atoms. The van der Waals surface area contributed by atoms with Crippen LogP contribution < -0.4 is 5.69 Å². The fourth-order valence-electron chi connectivity index (χ4n) is 2.53. The van der Waals surface area contributed by atoms with E-state index in [1.54, 1.807) is 28.8 Å². The van der Waals surface area contributed by atoms with E-state index in [0.717, 1.165) is 5.69 Å². The highest BCUT2D eigenvalue weighted by Crippen LogP contribution is 2.12. The van der Waals surface area contributed by atoms with Crippen LogP contribution in [0, 0.1) is 4.77 Å². The van der Waals surface area contributed by atoms with Gasteiger partial charge in [-0.3, -0.25) is 9.67 Å². The van der Waals surface area contributed by atoms with E-state index in [1.165, 1.54) is 9.36 Å². The lowest BCUT2D eigenvalue weighted by molar-refractivity contribution is 0.600. The topological polar surface area (TPSA) is 86.3 Å². The van der Waals surface area contributed by atoms with Crippen LogP contribution in [0.5, 0.6) is 0 Å². The number of hydrogen-bond acceptors (Lipinski definition) is 5. The molecular formula is C16H12ClN7OS. The first-order chi connectivity index (χ1) is 12.6. The van der Waals surface area contributed by atoms with Crippen molar-refractivity contribution in [2.24, 2.45) is 0 Å². The van der Waals surface area contributed by atoms with Crippen LogP contribution in [-0.2, 0) is 6.54 Å². The zero-order valence-corrected chi connectivity index (χ0v) is 14.9. The Morgan fingerprint density at radius 3 is 2.46 bits per heavy atom. The van der Waals surface area contributed by atoms with Gasteiger partial charge in [-0.25, -0.2) is 4.79 Å². The monoisotopic (exact) mass is 385 g/mol. The fraction of sp³-hybridized carbons (Fsp3) is 0.0625. The van der Waals surface area contributed by atoms with Gasteiger partial charge in [0.25, 0.3) is 0 Å². The van der Waals surface area contributed by atoms with Crippen LogP contribution in [0.1, 0.15) is 5.82 Å². The number of nitrogens with zero attached hydrogens (tertiary/aromatic N) is 6. The van der Waals surface area contributed by atoms with Crippen molar-refractivity contribution >= 4 is 23.8 Å². The van der Waals surface area contributed by atoms with Gasteiger partial charge in [0.1, 0.15) is 6.54 Å². The predicted molar refractivity (Wildman–Crippen MR) is 98.5 cm³/mol. The van der Waals surface area contributed by atoms with Crippen LogP contribution in [0.25, 0.3) is 11.4 Å². The third kappa shape index (κ3) is 2.98. The lowest BCUT2D eigenvalue weighted by Crippen LogP contribution is -2.25. The maximum absolute atomic E-state index is 12.6. The molecule has 4 aromatic rings. The van der Waals surface area contributed by atoms with Crippen LogP contribution in [0.4, 0.5) is 0 Å². The number of nitrogens with one attached hydrogen (secondary N) is 1. The average Bonchev–Trinajstić information content (AvgIpc) is 3.20. The second-order valence-electron chi connectivity index (χ2n) is 5.42. The van der Waals surface area contributed by atoms with Crippen molar-refractivity contribution in [3.05, 3.63) is 80.7 Å². The largest absolute Gasteiger partial charge is 0.368 e. The summed E-state index contributed by atoms with van der Waals surface area (Å²) >= 11 is 11.2. The Hall–Kier alpha value is -3.04. The Balaban J connectivity index is 1.71. The third-order valence-corrected chi connectivity index (χ3v) is 4.28. The van der Waals surface area contributed by atoms with Gasteiger partial charge in [0, 0.05) is 10.7 Å². The Bertz CT molecular complexity index is 1160. The molecule has 4 rings (SSSR count). The van der Waals surface area contributed by atoms with Gasteiger partial charge in [-0.05, 0) is 59.0 Å². The van der Waals surface area contributed by atoms with E-state index < -0.39 is 0 Å². The number of tetrazole rings is 1. The molecule has 2 heterocycles. The molecular weight excluding hydrogens is 374 g/mol. The molecule has 0 radical (unpaired) electrons. The normalized spacial score (nSPS) is 11.0. The lowest BCUT2D eigenvalue weighted by atomic mass is 10.3. The quantitative estimate of drug-likeness (QED) is 0.545. The highest BCUT2D eigenvalue weighted by molar-refractivity contribution is 7.71. The highest BCUT2D eigenvalue weighted by Gasteiger charge is 2.14. The first kappa shape index (κ1) is 16.4. The fourth-order valence-corrected chi connectivity index (χ4v) is 2.91. The second-order valence-corrected chi connectivity index (χ2v) is 6.25. The van der Waals surface area contributed by atoms with Crippen LogP contribution in [0.2, 0.25) is 5.02 Å². The van der Waals surface area contributed by atoms with Crippen molar-refractivity contribution < 1.29 is 0 Å². The van der Waals surface area contributed by atoms with Gasteiger partial charge in [-0.2, -0.15) is 14.5 Å². The molecule has 130 valence electrons. The van der Waals surface area contributed by atoms with Crippen LogP contribution >= 0.6 is 23.8 Å². The summed E-state index contributed by atoms with van der Waals surface area (Å²) in [6.45, 7) is 0.120. The van der Waals surface area contributed by atoms with E-state index in [-0.39, 0.29) is 12.2 Å². The minimum Gasteiger partial charge on any atom is -0.271 e. The Morgan fingerprint density at radius 1 is 1.00 bits per heavy atom. The Kier molecular flexibility index (Phi) is 4.23. The Labute approximate surface area is 157 Å². The molecule has 0 saturated heterocycles. The summed E-state index contributed by atoms with van der Waals surface area (Å²) in [5.41, 5.74) is 1.04. The zero-order valence-electron chi connectivity index (χ0n) is 13.3. The van der Waals surface area contributed by atoms with Crippen LogP contribution in [0.15, 0.2) is 59.4 Å². The smallest absolute Gasteiger partial charge is 0.271 e. The van der Waals surface area contributed by atoms with Crippen molar-refractivity contribution in [2.45, 2.75) is 6.54 Å². The summed E-state index contributed by atoms with van der Waals surface area (Å²) in [5.74, 6) is 0.548. The molecule has 0 aliphatic heterocycles. The summed E-state index contributed by atoms with van der Waals surface area (Å²) in [7, 11) is 0. The minimum atomic E-state index is -0.388. The molecule has 1 N–H and O–H groups in total. The van der Waals surface area contributed by atoms with Crippen molar-refractivity contribution in [3.8, 4) is 11.4 Å². The van der Waals surface area contributed by atoms with Gasteiger partial charge in [-0.15, -0.1) is 0 Å². The summed E-state index contributed by atoms with van der Waals surface area (Å²) in [4.78, 5) is 12.6. The number of halogens is 1. The molecule has 0 aliphatic carbocycles. The van der Waals surface area contributed by atoms with Gasteiger partial charge in [-0.1, -0.05) is 29.8 Å². The predicted octanol–water partition coefficient (Wildman–Crippen LogP) is 2.37. The standard InChI is InChI=1S/C16H12ClN7OS/c17-11-6-8-13(9-7-11)24-16(25)22(20-21-24)10-14-18-19-15(26)23(14)12-4-2-1-3-5-12/h1-9H,10H2,(H,19,26). The van der Waals surface area contributed by atoms with E-state index >= 15 is 0 Å². The molecule has 0 bridgehead atoms. The van der Waals surface area contributed by atoms with Crippen molar-refractivity contribution in [3.63, 3.8) is 0 Å². The molecule has 0 unspecified atom stereocenters. The van der Waals surface area contributed by atoms with E-state index in [0.29, 0.717) is 21.3 Å². The number of hydrogen-bond donors (Lipinski definition) is 1. The Morgan fingerprint density at radius 2 is 1.73 bits per heavy atom. The van der Waals surface area contributed by atoms with Crippen LogP contribution in [-0.4, -0.2) is 34.6 Å². The first-order valence-corrected chi connectivity index (χ1v) is 8.42.